The van der Waals surface area contributed by atoms with Gasteiger partial charge in [0.25, 0.3) is 0 Å². The first-order valence-corrected chi connectivity index (χ1v) is 8.47. The average molecular weight is 355 g/mol. The summed E-state index contributed by atoms with van der Waals surface area (Å²) >= 11 is 0. The van der Waals surface area contributed by atoms with Crippen molar-refractivity contribution < 1.29 is 4.39 Å². The highest BCUT2D eigenvalue weighted by Crippen LogP contribution is 2.27. The number of hydrogen-bond acceptors (Lipinski definition) is 3. The van der Waals surface area contributed by atoms with Crippen molar-refractivity contribution in [3.05, 3.63) is 91.4 Å². The van der Waals surface area contributed by atoms with Crippen LogP contribution in [0.2, 0.25) is 0 Å². The van der Waals surface area contributed by atoms with E-state index in [1.807, 2.05) is 34.9 Å². The Kier molecular flexibility index (Phi) is 3.53. The van der Waals surface area contributed by atoms with E-state index in [9.17, 15) is 4.39 Å². The number of imidazole rings is 1. The Hall–Kier alpha value is -3.80. The second-order valence-corrected chi connectivity index (χ2v) is 6.13. The highest BCUT2D eigenvalue weighted by Gasteiger charge is 2.11. The second kappa shape index (κ2) is 6.17. The molecule has 0 N–H and O–H groups in total. The van der Waals surface area contributed by atoms with Crippen LogP contribution in [-0.4, -0.2) is 24.3 Å². The molecule has 0 atom stereocenters. The lowest BCUT2D eigenvalue weighted by Gasteiger charge is -2.09. The fraction of sp³-hybridized carbons (Fsp3) is 0. The van der Waals surface area contributed by atoms with Gasteiger partial charge in [0.1, 0.15) is 12.1 Å². The van der Waals surface area contributed by atoms with Gasteiger partial charge >= 0.3 is 0 Å². The van der Waals surface area contributed by atoms with Gasteiger partial charge in [-0.05, 0) is 54.6 Å². The predicted octanol–water partition coefficient (Wildman–Crippen LogP) is 4.41. The molecule has 0 saturated heterocycles. The minimum absolute atomic E-state index is 0.268. The lowest BCUT2D eigenvalue weighted by atomic mass is 10.1. The van der Waals surface area contributed by atoms with Crippen molar-refractivity contribution in [3.8, 4) is 22.6 Å². The number of hydrogen-bond donors (Lipinski definition) is 0. The molecular weight excluding hydrogens is 341 g/mol. The monoisotopic (exact) mass is 355 g/mol. The molecule has 5 aromatic rings. The molecule has 3 heterocycles. The molecule has 0 aliphatic carbocycles. The van der Waals surface area contributed by atoms with Gasteiger partial charge in [-0.3, -0.25) is 9.55 Å². The number of pyridine rings is 1. The largest absolute Gasteiger partial charge is 0.299 e. The fourth-order valence-corrected chi connectivity index (χ4v) is 3.19. The Morgan fingerprint density at radius 1 is 0.778 bits per heavy atom. The molecule has 0 fully saturated rings. The van der Waals surface area contributed by atoms with Crippen LogP contribution in [0.5, 0.6) is 0 Å². The molecule has 0 bridgehead atoms. The van der Waals surface area contributed by atoms with Gasteiger partial charge in [0.15, 0.2) is 0 Å². The molecule has 5 rings (SSSR count). The molecule has 0 aliphatic heterocycles. The minimum Gasteiger partial charge on any atom is -0.299 e. The molecule has 6 heteroatoms. The smallest absolute Gasteiger partial charge is 0.123 e. The van der Waals surface area contributed by atoms with Gasteiger partial charge in [0.2, 0.25) is 0 Å². The van der Waals surface area contributed by atoms with Crippen LogP contribution in [0.4, 0.5) is 4.39 Å². The van der Waals surface area contributed by atoms with Gasteiger partial charge in [-0.15, -0.1) is 0 Å². The second-order valence-electron chi connectivity index (χ2n) is 6.13. The van der Waals surface area contributed by atoms with E-state index in [0.717, 1.165) is 33.7 Å². The summed E-state index contributed by atoms with van der Waals surface area (Å²) in [7, 11) is 0. The van der Waals surface area contributed by atoms with Gasteiger partial charge in [-0.1, -0.05) is 6.07 Å². The summed E-state index contributed by atoms with van der Waals surface area (Å²) in [5.74, 6) is -0.268. The zero-order valence-electron chi connectivity index (χ0n) is 14.2. The van der Waals surface area contributed by atoms with E-state index >= 15 is 0 Å². The van der Waals surface area contributed by atoms with Crippen molar-refractivity contribution in [2.75, 3.05) is 0 Å². The van der Waals surface area contributed by atoms with Crippen LogP contribution in [0.15, 0.2) is 85.6 Å². The van der Waals surface area contributed by atoms with Crippen LogP contribution in [0.1, 0.15) is 0 Å². The molecule has 3 aromatic heterocycles. The Morgan fingerprint density at radius 3 is 2.41 bits per heavy atom. The van der Waals surface area contributed by atoms with Crippen LogP contribution in [0, 0.1) is 5.82 Å². The zero-order chi connectivity index (χ0) is 18.2. The summed E-state index contributed by atoms with van der Waals surface area (Å²) in [4.78, 5) is 8.56. The summed E-state index contributed by atoms with van der Waals surface area (Å²) in [5.41, 5.74) is 5.62. The molecule has 0 unspecified atom stereocenters. The Balaban J connectivity index is 1.65. The third kappa shape index (κ3) is 2.67. The Bertz CT molecular complexity index is 1220. The molecule has 5 nitrogen and oxygen atoms in total. The maximum atomic E-state index is 13.3. The van der Waals surface area contributed by atoms with Gasteiger partial charge in [0.05, 0.1) is 34.3 Å². The summed E-state index contributed by atoms with van der Waals surface area (Å²) in [6.45, 7) is 0. The van der Waals surface area contributed by atoms with Crippen molar-refractivity contribution in [2.24, 2.45) is 0 Å². The standard InChI is InChI=1S/C21H14FN5/c22-16-2-4-18(5-3-16)27-20(9-12-25-27)15-1-6-19-21(13-15)26(14-24-19)17-7-10-23-11-8-17/h1-14H. The van der Waals surface area contributed by atoms with Gasteiger partial charge in [-0.25, -0.2) is 14.1 Å². The molecule has 0 aliphatic rings. The number of nitrogens with zero attached hydrogens (tertiary/aromatic N) is 5. The van der Waals surface area contributed by atoms with Crippen LogP contribution < -0.4 is 0 Å². The normalized spacial score (nSPS) is 11.1. The van der Waals surface area contributed by atoms with Crippen molar-refractivity contribution in [3.63, 3.8) is 0 Å². The van der Waals surface area contributed by atoms with Crippen LogP contribution in [-0.2, 0) is 0 Å². The van der Waals surface area contributed by atoms with Gasteiger partial charge in [-0.2, -0.15) is 5.10 Å². The van der Waals surface area contributed by atoms with E-state index in [1.54, 1.807) is 41.7 Å². The van der Waals surface area contributed by atoms with E-state index in [2.05, 4.69) is 21.1 Å². The fourth-order valence-electron chi connectivity index (χ4n) is 3.19. The topological polar surface area (TPSA) is 48.5 Å². The first-order chi connectivity index (χ1) is 13.3. The van der Waals surface area contributed by atoms with Crippen LogP contribution in [0.25, 0.3) is 33.7 Å². The van der Waals surface area contributed by atoms with Crippen LogP contribution in [0.3, 0.4) is 0 Å². The number of aromatic nitrogens is 5. The molecule has 2 aromatic carbocycles. The quantitative estimate of drug-likeness (QED) is 0.482. The summed E-state index contributed by atoms with van der Waals surface area (Å²) < 4.78 is 17.1. The summed E-state index contributed by atoms with van der Waals surface area (Å²) in [6, 6.07) is 18.2. The first-order valence-electron chi connectivity index (χ1n) is 8.47. The first kappa shape index (κ1) is 15.5. The zero-order valence-corrected chi connectivity index (χ0v) is 14.2. The van der Waals surface area contributed by atoms with Crippen molar-refractivity contribution in [2.45, 2.75) is 0 Å². The number of rotatable bonds is 3. The van der Waals surface area contributed by atoms with E-state index in [-0.39, 0.29) is 5.82 Å². The molecule has 0 amide bonds. The molecule has 130 valence electrons. The van der Waals surface area contributed by atoms with Gasteiger partial charge in [0, 0.05) is 18.0 Å². The van der Waals surface area contributed by atoms with E-state index in [1.165, 1.54) is 12.1 Å². The van der Waals surface area contributed by atoms with Crippen molar-refractivity contribution in [1.29, 1.82) is 0 Å². The van der Waals surface area contributed by atoms with E-state index < -0.39 is 0 Å². The highest BCUT2D eigenvalue weighted by atomic mass is 19.1. The average Bonchev–Trinajstić information content (AvgIpc) is 3.36. The number of fused-ring (bicyclic) bond motifs is 1. The van der Waals surface area contributed by atoms with E-state index in [4.69, 9.17) is 0 Å². The third-order valence-electron chi connectivity index (χ3n) is 4.50. The van der Waals surface area contributed by atoms with Crippen molar-refractivity contribution >= 4 is 11.0 Å². The van der Waals surface area contributed by atoms with E-state index in [0.29, 0.717) is 0 Å². The Morgan fingerprint density at radius 2 is 1.59 bits per heavy atom. The van der Waals surface area contributed by atoms with Crippen LogP contribution >= 0.6 is 0 Å². The molecular formula is C21H14FN5. The van der Waals surface area contributed by atoms with Crippen molar-refractivity contribution in [1.82, 2.24) is 24.3 Å². The molecule has 27 heavy (non-hydrogen) atoms. The molecule has 0 radical (unpaired) electrons. The minimum atomic E-state index is -0.268. The summed E-state index contributed by atoms with van der Waals surface area (Å²) in [6.07, 6.45) is 7.06. The maximum Gasteiger partial charge on any atom is 0.123 e. The Labute approximate surface area is 154 Å². The third-order valence-corrected chi connectivity index (χ3v) is 4.50. The SMILES string of the molecule is Fc1ccc(-n2nccc2-c2ccc3ncn(-c4ccncc4)c3c2)cc1. The lowest BCUT2D eigenvalue weighted by molar-refractivity contribution is 0.627. The number of halogens is 1. The summed E-state index contributed by atoms with van der Waals surface area (Å²) in [5, 5.41) is 4.40. The maximum absolute atomic E-state index is 13.3. The van der Waals surface area contributed by atoms with Gasteiger partial charge < -0.3 is 0 Å². The highest BCUT2D eigenvalue weighted by molar-refractivity contribution is 5.83. The molecule has 0 saturated carbocycles. The molecule has 0 spiro atoms. The lowest BCUT2D eigenvalue weighted by Crippen LogP contribution is -1.99. The predicted molar refractivity (Wildman–Crippen MR) is 101 cm³/mol. The number of benzene rings is 2.